The minimum atomic E-state index is -0.202. The number of nitrogens with zero attached hydrogens (tertiary/aromatic N) is 2. The van der Waals surface area contributed by atoms with E-state index >= 15 is 0 Å². The standard InChI is InChI=1S/C25H26ClN3O2/c1-2-31-25(30)22-4-3-5-23(22)28-16-24-27-14-15-29(24)17-18-6-8-19(9-7-18)20-10-12-21(26)13-11-20/h6-15,28H,2-5,16-17H2,1H3. The summed E-state index contributed by atoms with van der Waals surface area (Å²) in [7, 11) is 0. The Morgan fingerprint density at radius 3 is 2.52 bits per heavy atom. The topological polar surface area (TPSA) is 56.1 Å². The first-order chi connectivity index (χ1) is 15.1. The van der Waals surface area contributed by atoms with Gasteiger partial charge < -0.3 is 14.6 Å². The van der Waals surface area contributed by atoms with Crippen LogP contribution in [0.1, 0.15) is 37.6 Å². The Balaban J connectivity index is 1.41. The molecule has 1 N–H and O–H groups in total. The van der Waals surface area contributed by atoms with E-state index in [1.165, 1.54) is 5.56 Å². The maximum atomic E-state index is 12.1. The van der Waals surface area contributed by atoms with E-state index in [4.69, 9.17) is 16.3 Å². The first kappa shape index (κ1) is 21.2. The Kier molecular flexibility index (Phi) is 6.73. The summed E-state index contributed by atoms with van der Waals surface area (Å²) >= 11 is 5.98. The van der Waals surface area contributed by atoms with Gasteiger partial charge in [0.15, 0.2) is 0 Å². The Bertz CT molecular complexity index is 1070. The van der Waals surface area contributed by atoms with Gasteiger partial charge in [0.25, 0.3) is 0 Å². The van der Waals surface area contributed by atoms with Crippen molar-refractivity contribution < 1.29 is 9.53 Å². The molecular weight excluding hydrogens is 410 g/mol. The zero-order chi connectivity index (χ0) is 21.6. The Morgan fingerprint density at radius 2 is 1.81 bits per heavy atom. The van der Waals surface area contributed by atoms with Crippen LogP contribution in [0.4, 0.5) is 0 Å². The van der Waals surface area contributed by atoms with Gasteiger partial charge in [0.2, 0.25) is 0 Å². The fraction of sp³-hybridized carbons (Fsp3) is 0.280. The second-order valence-corrected chi connectivity index (χ2v) is 8.00. The molecule has 4 rings (SSSR count). The average Bonchev–Trinajstić information content (AvgIpc) is 3.43. The van der Waals surface area contributed by atoms with Crippen LogP contribution in [0.2, 0.25) is 5.02 Å². The van der Waals surface area contributed by atoms with E-state index in [1.807, 2.05) is 43.6 Å². The van der Waals surface area contributed by atoms with E-state index in [0.717, 1.165) is 59.1 Å². The summed E-state index contributed by atoms with van der Waals surface area (Å²) in [4.78, 5) is 16.6. The highest BCUT2D eigenvalue weighted by Gasteiger charge is 2.22. The van der Waals surface area contributed by atoms with Gasteiger partial charge in [-0.3, -0.25) is 0 Å². The summed E-state index contributed by atoms with van der Waals surface area (Å²) in [6.45, 7) is 3.55. The van der Waals surface area contributed by atoms with Gasteiger partial charge in [0.1, 0.15) is 5.82 Å². The summed E-state index contributed by atoms with van der Waals surface area (Å²) in [6.07, 6.45) is 6.43. The smallest absolute Gasteiger partial charge is 0.335 e. The molecule has 0 spiro atoms. The van der Waals surface area contributed by atoms with E-state index in [2.05, 4.69) is 39.1 Å². The number of allylic oxidation sites excluding steroid dienone is 1. The number of nitrogens with one attached hydrogen (secondary N) is 1. The fourth-order valence-electron chi connectivity index (χ4n) is 3.86. The molecule has 0 bridgehead atoms. The van der Waals surface area contributed by atoms with Crippen LogP contribution in [0.5, 0.6) is 0 Å². The van der Waals surface area contributed by atoms with E-state index in [-0.39, 0.29) is 5.97 Å². The average molecular weight is 436 g/mol. The molecule has 1 aromatic heterocycles. The van der Waals surface area contributed by atoms with Crippen molar-refractivity contribution >= 4 is 17.6 Å². The van der Waals surface area contributed by atoms with Crippen LogP contribution >= 0.6 is 11.6 Å². The maximum Gasteiger partial charge on any atom is 0.335 e. The Labute approximate surface area is 187 Å². The fourth-order valence-corrected chi connectivity index (χ4v) is 3.99. The predicted octanol–water partition coefficient (Wildman–Crippen LogP) is 5.34. The molecule has 0 saturated heterocycles. The van der Waals surface area contributed by atoms with Crippen molar-refractivity contribution in [2.45, 2.75) is 39.3 Å². The minimum Gasteiger partial charge on any atom is -0.463 e. The molecular formula is C25H26ClN3O2. The molecule has 31 heavy (non-hydrogen) atoms. The zero-order valence-corrected chi connectivity index (χ0v) is 18.4. The van der Waals surface area contributed by atoms with Crippen molar-refractivity contribution in [3.05, 3.63) is 88.6 Å². The van der Waals surface area contributed by atoms with Gasteiger partial charge in [-0.05, 0) is 55.0 Å². The number of esters is 1. The molecule has 1 heterocycles. The van der Waals surface area contributed by atoms with Crippen molar-refractivity contribution in [1.29, 1.82) is 0 Å². The molecule has 0 amide bonds. The van der Waals surface area contributed by atoms with Gasteiger partial charge in [0.05, 0.1) is 18.7 Å². The van der Waals surface area contributed by atoms with E-state index in [1.54, 1.807) is 0 Å². The number of carbonyl (C=O) groups excluding carboxylic acids is 1. The quantitative estimate of drug-likeness (QED) is 0.485. The number of aromatic nitrogens is 2. The third-order valence-corrected chi connectivity index (χ3v) is 5.74. The molecule has 0 fully saturated rings. The first-order valence-electron chi connectivity index (χ1n) is 10.6. The second kappa shape index (κ2) is 9.84. The largest absolute Gasteiger partial charge is 0.463 e. The lowest BCUT2D eigenvalue weighted by atomic mass is 10.0. The summed E-state index contributed by atoms with van der Waals surface area (Å²) in [6, 6.07) is 16.4. The molecule has 2 aromatic carbocycles. The maximum absolute atomic E-state index is 12.1. The molecule has 3 aromatic rings. The van der Waals surface area contributed by atoms with Gasteiger partial charge >= 0.3 is 5.97 Å². The van der Waals surface area contributed by atoms with Crippen molar-refractivity contribution in [2.75, 3.05) is 6.61 Å². The molecule has 0 unspecified atom stereocenters. The van der Waals surface area contributed by atoms with Crippen molar-refractivity contribution in [3.8, 4) is 11.1 Å². The van der Waals surface area contributed by atoms with Crippen molar-refractivity contribution in [1.82, 2.24) is 14.9 Å². The van der Waals surface area contributed by atoms with Crippen LogP contribution in [0.25, 0.3) is 11.1 Å². The molecule has 1 aliphatic rings. The van der Waals surface area contributed by atoms with Gasteiger partial charge in [-0.1, -0.05) is 48.0 Å². The highest BCUT2D eigenvalue weighted by molar-refractivity contribution is 6.30. The van der Waals surface area contributed by atoms with Crippen molar-refractivity contribution in [2.24, 2.45) is 0 Å². The third-order valence-electron chi connectivity index (χ3n) is 5.49. The molecule has 5 nitrogen and oxygen atoms in total. The number of ether oxygens (including phenoxy) is 1. The van der Waals surface area contributed by atoms with E-state index in [9.17, 15) is 4.79 Å². The Hall–Kier alpha value is -3.05. The number of rotatable bonds is 8. The summed E-state index contributed by atoms with van der Waals surface area (Å²) in [5, 5.41) is 4.16. The second-order valence-electron chi connectivity index (χ2n) is 7.56. The first-order valence-corrected chi connectivity index (χ1v) is 11.0. The van der Waals surface area contributed by atoms with Crippen LogP contribution in [0.3, 0.4) is 0 Å². The SMILES string of the molecule is CCOC(=O)C1=C(NCc2nccn2Cc2ccc(-c3ccc(Cl)cc3)cc2)CCC1. The summed E-state index contributed by atoms with van der Waals surface area (Å²) < 4.78 is 7.31. The predicted molar refractivity (Wildman–Crippen MR) is 123 cm³/mol. The molecule has 6 heteroatoms. The Morgan fingerprint density at radius 1 is 1.10 bits per heavy atom. The highest BCUT2D eigenvalue weighted by Crippen LogP contribution is 2.26. The molecule has 0 saturated carbocycles. The van der Waals surface area contributed by atoms with Gasteiger partial charge in [-0.15, -0.1) is 0 Å². The minimum absolute atomic E-state index is 0.202. The van der Waals surface area contributed by atoms with E-state index in [0.29, 0.717) is 13.2 Å². The van der Waals surface area contributed by atoms with Crippen LogP contribution in [-0.2, 0) is 22.6 Å². The molecule has 160 valence electrons. The number of imidazole rings is 1. The number of benzene rings is 2. The lowest BCUT2D eigenvalue weighted by Crippen LogP contribution is -2.19. The van der Waals surface area contributed by atoms with Gasteiger partial charge in [-0.25, -0.2) is 9.78 Å². The molecule has 1 aliphatic carbocycles. The lowest BCUT2D eigenvalue weighted by Gasteiger charge is -2.12. The van der Waals surface area contributed by atoms with Crippen molar-refractivity contribution in [3.63, 3.8) is 0 Å². The van der Waals surface area contributed by atoms with Crippen LogP contribution in [0.15, 0.2) is 72.2 Å². The number of hydrogen-bond donors (Lipinski definition) is 1. The van der Waals surface area contributed by atoms with Crippen LogP contribution in [-0.4, -0.2) is 22.1 Å². The van der Waals surface area contributed by atoms with E-state index < -0.39 is 0 Å². The molecule has 0 radical (unpaired) electrons. The number of hydrogen-bond acceptors (Lipinski definition) is 4. The highest BCUT2D eigenvalue weighted by atomic mass is 35.5. The van der Waals surface area contributed by atoms with Gasteiger partial charge in [0, 0.05) is 29.7 Å². The molecule has 0 atom stereocenters. The third kappa shape index (κ3) is 5.17. The van der Waals surface area contributed by atoms with Gasteiger partial charge in [-0.2, -0.15) is 0 Å². The van der Waals surface area contributed by atoms with Crippen LogP contribution in [0, 0.1) is 0 Å². The normalized spacial score (nSPS) is 13.5. The number of halogens is 1. The summed E-state index contributed by atoms with van der Waals surface area (Å²) in [5.41, 5.74) is 5.26. The summed E-state index contributed by atoms with van der Waals surface area (Å²) in [5.74, 6) is 0.732. The zero-order valence-electron chi connectivity index (χ0n) is 17.6. The molecule has 0 aliphatic heterocycles. The number of carbonyl (C=O) groups is 1. The lowest BCUT2D eigenvalue weighted by molar-refractivity contribution is -0.138. The van der Waals surface area contributed by atoms with Crippen LogP contribution < -0.4 is 5.32 Å². The monoisotopic (exact) mass is 435 g/mol.